The Morgan fingerprint density at radius 3 is 2.82 bits per heavy atom. The second-order valence-electron chi connectivity index (χ2n) is 5.12. The molecule has 0 radical (unpaired) electrons. The van der Waals surface area contributed by atoms with E-state index in [4.69, 9.17) is 5.11 Å². The average Bonchev–Trinajstić information content (AvgIpc) is 2.66. The van der Waals surface area contributed by atoms with Gasteiger partial charge in [0, 0.05) is 12.1 Å². The number of aromatic amines is 1. The maximum Gasteiger partial charge on any atom is 0.257 e. The highest BCUT2D eigenvalue weighted by molar-refractivity contribution is 7.89. The van der Waals surface area contributed by atoms with Crippen molar-refractivity contribution < 1.29 is 13.5 Å². The second-order valence-corrected chi connectivity index (χ2v) is 6.83. The number of aliphatic hydroxyl groups is 1. The molecule has 7 heteroatoms. The van der Waals surface area contributed by atoms with Gasteiger partial charge in [0.2, 0.25) is 0 Å². The summed E-state index contributed by atoms with van der Waals surface area (Å²) in [7, 11) is -3.59. The molecular formula is C10H17N3O3S. The van der Waals surface area contributed by atoms with Crippen molar-refractivity contribution in [1.29, 1.82) is 0 Å². The molecular weight excluding hydrogens is 242 g/mol. The third-order valence-electron chi connectivity index (χ3n) is 3.35. The van der Waals surface area contributed by atoms with Crippen LogP contribution in [0.5, 0.6) is 0 Å². The van der Waals surface area contributed by atoms with Crippen LogP contribution in [0.25, 0.3) is 0 Å². The predicted molar refractivity (Wildman–Crippen MR) is 61.6 cm³/mol. The number of H-pyrrole nitrogens is 1. The van der Waals surface area contributed by atoms with Crippen LogP contribution in [0.2, 0.25) is 0 Å². The van der Waals surface area contributed by atoms with E-state index in [2.05, 4.69) is 28.8 Å². The van der Waals surface area contributed by atoms with Gasteiger partial charge < -0.3 is 5.11 Å². The van der Waals surface area contributed by atoms with Crippen molar-refractivity contribution in [1.82, 2.24) is 14.9 Å². The lowest BCUT2D eigenvalue weighted by atomic mass is 10.1. The van der Waals surface area contributed by atoms with Crippen molar-refractivity contribution >= 4 is 10.0 Å². The summed E-state index contributed by atoms with van der Waals surface area (Å²) in [6, 6.07) is 0. The number of hydrogen-bond acceptors (Lipinski definition) is 4. The summed E-state index contributed by atoms with van der Waals surface area (Å²) >= 11 is 0. The molecule has 96 valence electrons. The van der Waals surface area contributed by atoms with Crippen LogP contribution in [-0.2, 0) is 16.6 Å². The van der Waals surface area contributed by atoms with Crippen molar-refractivity contribution in [3.8, 4) is 0 Å². The normalized spacial score (nSPS) is 22.6. The van der Waals surface area contributed by atoms with E-state index < -0.39 is 10.0 Å². The molecule has 1 aliphatic carbocycles. The highest BCUT2D eigenvalue weighted by Gasteiger charge is 2.45. The lowest BCUT2D eigenvalue weighted by Gasteiger charge is -2.07. The molecule has 0 amide bonds. The van der Waals surface area contributed by atoms with Gasteiger partial charge in [-0.25, -0.2) is 13.1 Å². The van der Waals surface area contributed by atoms with Gasteiger partial charge in [0.05, 0.1) is 12.8 Å². The summed E-state index contributed by atoms with van der Waals surface area (Å²) in [5.74, 6) is 0.387. The Kier molecular flexibility index (Phi) is 3.01. The summed E-state index contributed by atoms with van der Waals surface area (Å²) in [6.45, 7) is 4.31. The Morgan fingerprint density at radius 1 is 1.65 bits per heavy atom. The summed E-state index contributed by atoms with van der Waals surface area (Å²) in [5.41, 5.74) is 0.517. The standard InChI is InChI=1S/C10H17N3O3S/c1-10(2)3-8(10)5-12-17(15,16)9-7(6-14)4-11-13-9/h4,8,12,14H,3,5-6H2,1-2H3,(H,11,13). The Morgan fingerprint density at radius 2 is 2.29 bits per heavy atom. The molecule has 1 heterocycles. The van der Waals surface area contributed by atoms with Gasteiger partial charge in [0.15, 0.2) is 5.03 Å². The van der Waals surface area contributed by atoms with E-state index in [0.717, 1.165) is 6.42 Å². The summed E-state index contributed by atoms with van der Waals surface area (Å²) in [6.07, 6.45) is 2.35. The van der Waals surface area contributed by atoms with Crippen molar-refractivity contribution in [2.24, 2.45) is 11.3 Å². The zero-order valence-electron chi connectivity index (χ0n) is 9.90. The van der Waals surface area contributed by atoms with Crippen molar-refractivity contribution in [3.63, 3.8) is 0 Å². The van der Waals surface area contributed by atoms with Gasteiger partial charge in [-0.1, -0.05) is 13.8 Å². The Hall–Kier alpha value is -0.920. The van der Waals surface area contributed by atoms with Crippen LogP contribution in [0.4, 0.5) is 0 Å². The molecule has 1 atom stereocenters. The quantitative estimate of drug-likeness (QED) is 0.705. The summed E-state index contributed by atoms with van der Waals surface area (Å²) in [5, 5.41) is 15.0. The Labute approximate surface area is 100 Å². The van der Waals surface area contributed by atoms with Crippen LogP contribution in [0.1, 0.15) is 25.8 Å². The van der Waals surface area contributed by atoms with Crippen LogP contribution in [0.15, 0.2) is 11.2 Å². The smallest absolute Gasteiger partial charge is 0.257 e. The number of sulfonamides is 1. The first-order chi connectivity index (χ1) is 7.87. The molecule has 1 saturated carbocycles. The highest BCUT2D eigenvalue weighted by atomic mass is 32.2. The molecule has 1 aromatic heterocycles. The van der Waals surface area contributed by atoms with Crippen molar-refractivity contribution in [3.05, 3.63) is 11.8 Å². The topological polar surface area (TPSA) is 95.1 Å². The fourth-order valence-electron chi connectivity index (χ4n) is 1.85. The van der Waals surface area contributed by atoms with Gasteiger partial charge in [-0.3, -0.25) is 5.10 Å². The number of aromatic nitrogens is 2. The van der Waals surface area contributed by atoms with E-state index in [1.54, 1.807) is 0 Å². The van der Waals surface area contributed by atoms with Crippen molar-refractivity contribution in [2.75, 3.05) is 6.54 Å². The number of hydrogen-bond donors (Lipinski definition) is 3. The lowest BCUT2D eigenvalue weighted by Crippen LogP contribution is -2.28. The molecule has 1 aromatic rings. The predicted octanol–water partition coefficient (Wildman–Crippen LogP) is 0.226. The second kappa shape index (κ2) is 4.08. The number of nitrogens with one attached hydrogen (secondary N) is 2. The summed E-state index contributed by atoms with van der Waals surface area (Å²) in [4.78, 5) is 0. The largest absolute Gasteiger partial charge is 0.392 e. The fourth-order valence-corrected chi connectivity index (χ4v) is 3.05. The van der Waals surface area contributed by atoms with Gasteiger partial charge in [0.1, 0.15) is 0 Å². The van der Waals surface area contributed by atoms with Gasteiger partial charge in [-0.05, 0) is 17.8 Å². The van der Waals surface area contributed by atoms with Crippen molar-refractivity contribution in [2.45, 2.75) is 31.9 Å². The number of rotatable bonds is 5. The molecule has 6 nitrogen and oxygen atoms in total. The van der Waals surface area contributed by atoms with E-state index >= 15 is 0 Å². The van der Waals surface area contributed by atoms with Crippen LogP contribution >= 0.6 is 0 Å². The minimum Gasteiger partial charge on any atom is -0.392 e. The molecule has 0 aromatic carbocycles. The van der Waals surface area contributed by atoms with Crippen LogP contribution in [0.3, 0.4) is 0 Å². The van der Waals surface area contributed by atoms with E-state index in [9.17, 15) is 8.42 Å². The Bertz CT molecular complexity index is 507. The Balaban J connectivity index is 2.05. The first-order valence-electron chi connectivity index (χ1n) is 5.49. The third kappa shape index (κ3) is 2.51. The minimum absolute atomic E-state index is 0.0431. The molecule has 2 rings (SSSR count). The maximum atomic E-state index is 11.9. The number of aliphatic hydroxyl groups excluding tert-OH is 1. The van der Waals surface area contributed by atoms with Gasteiger partial charge >= 0.3 is 0 Å². The third-order valence-corrected chi connectivity index (χ3v) is 4.79. The molecule has 3 N–H and O–H groups in total. The van der Waals surface area contributed by atoms with E-state index in [0.29, 0.717) is 12.5 Å². The number of nitrogens with zero attached hydrogens (tertiary/aromatic N) is 1. The fraction of sp³-hybridized carbons (Fsp3) is 0.700. The lowest BCUT2D eigenvalue weighted by molar-refractivity contribution is 0.278. The van der Waals surface area contributed by atoms with E-state index in [-0.39, 0.29) is 22.6 Å². The zero-order chi connectivity index (χ0) is 12.7. The molecule has 1 unspecified atom stereocenters. The first kappa shape index (κ1) is 12.5. The average molecular weight is 259 g/mol. The van der Waals surface area contributed by atoms with Gasteiger partial charge in [-0.2, -0.15) is 5.10 Å². The molecule has 0 saturated heterocycles. The molecule has 0 aliphatic heterocycles. The molecule has 0 bridgehead atoms. The van der Waals surface area contributed by atoms with Crippen LogP contribution in [0, 0.1) is 11.3 Å². The maximum absolute atomic E-state index is 11.9. The van der Waals surface area contributed by atoms with Gasteiger partial charge in [0.25, 0.3) is 10.0 Å². The zero-order valence-corrected chi connectivity index (χ0v) is 10.7. The van der Waals surface area contributed by atoms with E-state index in [1.165, 1.54) is 6.20 Å². The molecule has 0 spiro atoms. The SMILES string of the molecule is CC1(C)CC1CNS(=O)(=O)c1[nH]ncc1CO. The summed E-state index contributed by atoms with van der Waals surface area (Å²) < 4.78 is 26.4. The van der Waals surface area contributed by atoms with Crippen LogP contribution < -0.4 is 4.72 Å². The minimum atomic E-state index is -3.59. The monoisotopic (exact) mass is 259 g/mol. The highest BCUT2D eigenvalue weighted by Crippen LogP contribution is 2.51. The van der Waals surface area contributed by atoms with Gasteiger partial charge in [-0.15, -0.1) is 0 Å². The van der Waals surface area contributed by atoms with Crippen LogP contribution in [-0.4, -0.2) is 30.3 Å². The molecule has 1 aliphatic rings. The molecule has 17 heavy (non-hydrogen) atoms. The molecule has 1 fully saturated rings. The van der Waals surface area contributed by atoms with E-state index in [1.807, 2.05) is 0 Å². The first-order valence-corrected chi connectivity index (χ1v) is 6.98.